The summed E-state index contributed by atoms with van der Waals surface area (Å²) in [5.41, 5.74) is -0.536. The lowest BCUT2D eigenvalue weighted by Gasteiger charge is -2.48. The van der Waals surface area contributed by atoms with E-state index >= 15 is 0 Å². The van der Waals surface area contributed by atoms with Crippen LogP contribution in [-0.4, -0.2) is 94.9 Å². The van der Waals surface area contributed by atoms with E-state index in [2.05, 4.69) is 17.0 Å². The maximum atomic E-state index is 13.1. The van der Waals surface area contributed by atoms with E-state index in [1.54, 1.807) is 13.6 Å². The minimum atomic E-state index is -4.43. The molecule has 0 amide bonds. The predicted octanol–water partition coefficient (Wildman–Crippen LogP) is 6.17. The molecule has 2 saturated heterocycles. The van der Waals surface area contributed by atoms with Crippen LogP contribution in [0.1, 0.15) is 47.7 Å². The van der Waals surface area contributed by atoms with Gasteiger partial charge in [-0.05, 0) is 68.4 Å². The third-order valence-electron chi connectivity index (χ3n) is 10.1. The second kappa shape index (κ2) is 17.5. The van der Waals surface area contributed by atoms with Gasteiger partial charge in [-0.15, -0.1) is 0 Å². The summed E-state index contributed by atoms with van der Waals surface area (Å²) in [7, 11) is -1.14. The molecule has 2 aliphatic rings. The van der Waals surface area contributed by atoms with Crippen molar-refractivity contribution in [2.24, 2.45) is 0 Å². The Balaban J connectivity index is 0.000000245. The Morgan fingerprint density at radius 1 is 0.698 bits per heavy atom. The zero-order valence-electron chi connectivity index (χ0n) is 30.2. The average molecular weight is 740 g/mol. The highest BCUT2D eigenvalue weighted by atomic mass is 19.4. The quantitative estimate of drug-likeness (QED) is 0.209. The van der Waals surface area contributed by atoms with Crippen molar-refractivity contribution in [1.29, 1.82) is 10.5 Å². The van der Waals surface area contributed by atoms with Crippen molar-refractivity contribution in [2.45, 2.75) is 69.9 Å². The highest BCUT2D eigenvalue weighted by Gasteiger charge is 2.45. The van der Waals surface area contributed by atoms with Crippen LogP contribution in [0.15, 0.2) is 78.9 Å². The standard InChI is InChI=1S/C22H25BF3N3O.C15H19BF3N3O/c1-17-15-28(23(2)30)12-13-29(17)21(16-27,14-18-6-4-3-5-7-18)19-8-10-20(11-9-19)22(24,25)26;1-11-10-21(16(2)23)7-8-22(11)14(9-20)12-3-5-13(6-4-12)15(17,18)19/h3-11,17,30H,12-15H2,1-2H3;3-6,11,14,23H,7-8,10H2,1-2H3/t17-,21?;11-,14?/m00/s1. The fourth-order valence-corrected chi connectivity index (χ4v) is 7.17. The summed E-state index contributed by atoms with van der Waals surface area (Å²) >= 11 is 0. The van der Waals surface area contributed by atoms with E-state index in [1.807, 2.05) is 58.7 Å². The number of nitrogens with zero attached hydrogens (tertiary/aromatic N) is 6. The van der Waals surface area contributed by atoms with Crippen molar-refractivity contribution in [1.82, 2.24) is 19.4 Å². The van der Waals surface area contributed by atoms with E-state index in [0.717, 1.165) is 29.8 Å². The first-order valence-corrected chi connectivity index (χ1v) is 17.5. The molecule has 2 unspecified atom stereocenters. The van der Waals surface area contributed by atoms with Crippen molar-refractivity contribution < 1.29 is 36.4 Å². The van der Waals surface area contributed by atoms with Gasteiger partial charge in [0.1, 0.15) is 11.6 Å². The monoisotopic (exact) mass is 740 g/mol. The van der Waals surface area contributed by atoms with Crippen LogP contribution in [0.5, 0.6) is 0 Å². The highest BCUT2D eigenvalue weighted by Crippen LogP contribution is 2.38. The Hall–Kier alpha value is -3.89. The lowest BCUT2D eigenvalue weighted by atomic mass is 9.79. The lowest BCUT2D eigenvalue weighted by molar-refractivity contribution is -0.138. The molecule has 4 atom stereocenters. The Kier molecular flexibility index (Phi) is 13.8. The molecule has 3 aromatic carbocycles. The van der Waals surface area contributed by atoms with Crippen molar-refractivity contribution >= 4 is 14.1 Å². The normalized spacial score (nSPS) is 20.9. The number of hydrogen-bond acceptors (Lipinski definition) is 8. The molecule has 53 heavy (non-hydrogen) atoms. The molecule has 2 heterocycles. The van der Waals surface area contributed by atoms with Gasteiger partial charge in [0.25, 0.3) is 0 Å². The average Bonchev–Trinajstić information content (AvgIpc) is 3.12. The fraction of sp³-hybridized carbons (Fsp3) is 0.459. The van der Waals surface area contributed by atoms with Gasteiger partial charge in [-0.3, -0.25) is 9.80 Å². The molecule has 2 aliphatic heterocycles. The number of hydrogen-bond donors (Lipinski definition) is 2. The number of piperazine rings is 2. The third-order valence-corrected chi connectivity index (χ3v) is 10.1. The van der Waals surface area contributed by atoms with Crippen molar-refractivity contribution in [3.8, 4) is 12.1 Å². The first-order valence-electron chi connectivity index (χ1n) is 17.5. The SMILES string of the molecule is CB(O)N1CCN(C(C#N)(Cc2ccccc2)c2ccc(C(F)(F)F)cc2)[C@@H](C)C1.CB(O)N1CCN(C(C#N)c2ccc(C(F)(F)F)cc2)[C@@H](C)C1. The van der Waals surface area contributed by atoms with Gasteiger partial charge >= 0.3 is 26.5 Å². The zero-order valence-corrected chi connectivity index (χ0v) is 30.2. The number of alkyl halides is 6. The zero-order chi connectivity index (χ0) is 39.1. The van der Waals surface area contributed by atoms with Gasteiger partial charge in [0.2, 0.25) is 0 Å². The molecule has 0 saturated carbocycles. The molecule has 3 aromatic rings. The van der Waals surface area contributed by atoms with E-state index in [0.29, 0.717) is 56.8 Å². The summed E-state index contributed by atoms with van der Waals surface area (Å²) in [5, 5.41) is 39.4. The molecule has 0 aromatic heterocycles. The van der Waals surface area contributed by atoms with E-state index in [9.17, 15) is 46.9 Å². The number of nitriles is 2. The van der Waals surface area contributed by atoms with E-state index < -0.39 is 49.2 Å². The van der Waals surface area contributed by atoms with E-state index in [1.165, 1.54) is 24.3 Å². The van der Waals surface area contributed by atoms with Crippen molar-refractivity contribution in [3.05, 3.63) is 107 Å². The molecular formula is C37H44B2F6N6O2. The van der Waals surface area contributed by atoms with Crippen molar-refractivity contribution in [2.75, 3.05) is 39.3 Å². The Morgan fingerprint density at radius 2 is 1.17 bits per heavy atom. The smallest absolute Gasteiger partial charge is 0.416 e. The first-order chi connectivity index (χ1) is 24.9. The van der Waals surface area contributed by atoms with E-state index in [4.69, 9.17) is 0 Å². The molecule has 282 valence electrons. The molecule has 0 spiro atoms. The molecule has 5 rings (SSSR count). The third kappa shape index (κ3) is 10.2. The molecule has 2 N–H and O–H groups in total. The van der Waals surface area contributed by atoms with Gasteiger partial charge in [-0.1, -0.05) is 54.6 Å². The number of halogens is 6. The van der Waals surface area contributed by atoms with Gasteiger partial charge in [-0.25, -0.2) is 0 Å². The second-order valence-electron chi connectivity index (χ2n) is 13.7. The summed E-state index contributed by atoms with van der Waals surface area (Å²) in [5.74, 6) is 0. The Labute approximate surface area is 308 Å². The summed E-state index contributed by atoms with van der Waals surface area (Å²) in [6.07, 6.45) is -8.45. The summed E-state index contributed by atoms with van der Waals surface area (Å²) < 4.78 is 77.1. The minimum Gasteiger partial charge on any atom is -0.437 e. The summed E-state index contributed by atoms with van der Waals surface area (Å²) in [6, 6.07) is 23.2. The molecule has 2 fully saturated rings. The number of rotatable bonds is 8. The Morgan fingerprint density at radius 3 is 1.60 bits per heavy atom. The maximum Gasteiger partial charge on any atom is 0.416 e. The molecule has 0 radical (unpaired) electrons. The summed E-state index contributed by atoms with van der Waals surface area (Å²) in [6.45, 7) is 10.8. The molecule has 16 heteroatoms. The maximum absolute atomic E-state index is 13.1. The van der Waals surface area contributed by atoms with Gasteiger partial charge in [-0.2, -0.15) is 36.9 Å². The molecule has 0 bridgehead atoms. The van der Waals surface area contributed by atoms with Crippen LogP contribution in [0.4, 0.5) is 26.3 Å². The Bertz CT molecular complexity index is 1700. The first kappa shape index (κ1) is 41.9. The molecule has 0 aliphatic carbocycles. The molecular weight excluding hydrogens is 696 g/mol. The van der Waals surface area contributed by atoms with Crippen LogP contribution in [0, 0.1) is 22.7 Å². The van der Waals surface area contributed by atoms with Gasteiger partial charge < -0.3 is 19.7 Å². The summed E-state index contributed by atoms with van der Waals surface area (Å²) in [4.78, 5) is 7.85. The molecule has 8 nitrogen and oxygen atoms in total. The highest BCUT2D eigenvalue weighted by molar-refractivity contribution is 6.45. The fourth-order valence-electron chi connectivity index (χ4n) is 7.17. The minimum absolute atomic E-state index is 0.0188. The van der Waals surface area contributed by atoms with Gasteiger partial charge in [0.15, 0.2) is 0 Å². The van der Waals surface area contributed by atoms with Crippen LogP contribution < -0.4 is 0 Å². The van der Waals surface area contributed by atoms with Gasteiger partial charge in [0, 0.05) is 57.8 Å². The topological polar surface area (TPSA) is 101 Å². The number of benzene rings is 3. The van der Waals surface area contributed by atoms with Crippen LogP contribution >= 0.6 is 0 Å². The van der Waals surface area contributed by atoms with Crippen LogP contribution in [0.25, 0.3) is 0 Å². The van der Waals surface area contributed by atoms with Crippen LogP contribution in [0.3, 0.4) is 0 Å². The predicted molar refractivity (Wildman–Crippen MR) is 192 cm³/mol. The van der Waals surface area contributed by atoms with Crippen LogP contribution in [-0.2, 0) is 24.3 Å². The van der Waals surface area contributed by atoms with Crippen molar-refractivity contribution in [3.63, 3.8) is 0 Å². The van der Waals surface area contributed by atoms with Crippen LogP contribution in [0.2, 0.25) is 13.6 Å². The largest absolute Gasteiger partial charge is 0.437 e. The van der Waals surface area contributed by atoms with E-state index in [-0.39, 0.29) is 12.1 Å². The van der Waals surface area contributed by atoms with Gasteiger partial charge in [0.05, 0.1) is 23.3 Å². The second-order valence-corrected chi connectivity index (χ2v) is 13.7. The lowest BCUT2D eigenvalue weighted by Crippen LogP contribution is -2.62.